The molecule has 10 heteroatoms. The van der Waals surface area contributed by atoms with E-state index >= 15 is 0 Å². The largest absolute Gasteiger partial charge is 0.481 e. The van der Waals surface area contributed by atoms with Gasteiger partial charge in [-0.05, 0) is 13.8 Å². The number of rotatable bonds is 4. The van der Waals surface area contributed by atoms with Crippen molar-refractivity contribution in [3.8, 4) is 5.88 Å². The van der Waals surface area contributed by atoms with Crippen LogP contribution in [0.4, 0.5) is 11.1 Å². The van der Waals surface area contributed by atoms with Gasteiger partial charge in [-0.1, -0.05) is 11.3 Å². The van der Waals surface area contributed by atoms with E-state index in [0.29, 0.717) is 11.4 Å². The van der Waals surface area contributed by atoms with Gasteiger partial charge in [-0.15, -0.1) is 0 Å². The van der Waals surface area contributed by atoms with Gasteiger partial charge in [0.15, 0.2) is 9.34 Å². The van der Waals surface area contributed by atoms with Crippen LogP contribution in [0.1, 0.15) is 11.4 Å². The molecule has 2 aromatic rings. The standard InChI is InChI=1S/C10H13N5O3S2/c1-5-4-7(18-3)14-10(12-5)15-20(16,17)8-6(2)13-9(11)19-8/h4H,1-3H3,(H2,11,13)(H,12,14,15). The van der Waals surface area contributed by atoms with Gasteiger partial charge in [0, 0.05) is 11.8 Å². The number of nitrogens with two attached hydrogens (primary N) is 1. The lowest BCUT2D eigenvalue weighted by molar-refractivity contribution is 0.397. The molecule has 0 aromatic carbocycles. The maximum absolute atomic E-state index is 12.2. The number of hydrogen-bond acceptors (Lipinski definition) is 8. The van der Waals surface area contributed by atoms with Gasteiger partial charge in [0.2, 0.25) is 11.8 Å². The molecule has 0 aliphatic heterocycles. The third kappa shape index (κ3) is 2.96. The SMILES string of the molecule is COc1cc(C)nc(NS(=O)(=O)c2sc(N)nc2C)n1. The fourth-order valence-corrected chi connectivity index (χ4v) is 3.75. The molecule has 0 aliphatic carbocycles. The number of anilines is 2. The first kappa shape index (κ1) is 14.5. The van der Waals surface area contributed by atoms with E-state index < -0.39 is 10.0 Å². The average molecular weight is 315 g/mol. The molecular formula is C10H13N5O3S2. The Kier molecular flexibility index (Phi) is 3.77. The quantitative estimate of drug-likeness (QED) is 0.861. The number of aromatic nitrogens is 3. The minimum absolute atomic E-state index is 0.0408. The highest BCUT2D eigenvalue weighted by Crippen LogP contribution is 2.26. The summed E-state index contributed by atoms with van der Waals surface area (Å²) in [5.41, 5.74) is 6.41. The van der Waals surface area contributed by atoms with Crippen molar-refractivity contribution in [3.63, 3.8) is 0 Å². The summed E-state index contributed by atoms with van der Waals surface area (Å²) in [4.78, 5) is 11.8. The first-order chi connectivity index (χ1) is 9.31. The summed E-state index contributed by atoms with van der Waals surface area (Å²) in [6.45, 7) is 3.27. The highest BCUT2D eigenvalue weighted by atomic mass is 32.2. The Hall–Kier alpha value is -1.94. The molecule has 0 bridgehead atoms. The van der Waals surface area contributed by atoms with Crippen LogP contribution in [-0.4, -0.2) is 30.5 Å². The van der Waals surface area contributed by atoms with Crippen molar-refractivity contribution in [1.29, 1.82) is 0 Å². The number of aryl methyl sites for hydroxylation is 2. The highest BCUT2D eigenvalue weighted by Gasteiger charge is 2.22. The highest BCUT2D eigenvalue weighted by molar-refractivity contribution is 7.94. The molecule has 2 rings (SSSR count). The van der Waals surface area contributed by atoms with E-state index in [0.717, 1.165) is 11.3 Å². The van der Waals surface area contributed by atoms with Gasteiger partial charge in [0.25, 0.3) is 10.0 Å². The molecule has 0 unspecified atom stereocenters. The Labute approximate surface area is 120 Å². The summed E-state index contributed by atoms with van der Waals surface area (Å²) in [5.74, 6) is 0.212. The van der Waals surface area contributed by atoms with E-state index in [9.17, 15) is 8.42 Å². The van der Waals surface area contributed by atoms with Crippen LogP contribution >= 0.6 is 11.3 Å². The molecule has 0 fully saturated rings. The molecule has 0 aliphatic rings. The second kappa shape index (κ2) is 5.21. The molecule has 2 heterocycles. The third-order valence-corrected chi connectivity index (χ3v) is 5.20. The molecule has 20 heavy (non-hydrogen) atoms. The van der Waals surface area contributed by atoms with Crippen LogP contribution < -0.4 is 15.2 Å². The van der Waals surface area contributed by atoms with Gasteiger partial charge in [-0.2, -0.15) is 4.98 Å². The molecular weight excluding hydrogens is 302 g/mol. The van der Waals surface area contributed by atoms with Crippen molar-refractivity contribution >= 4 is 32.4 Å². The van der Waals surface area contributed by atoms with Gasteiger partial charge in [-0.3, -0.25) is 0 Å². The van der Waals surface area contributed by atoms with Gasteiger partial charge in [-0.25, -0.2) is 23.1 Å². The van der Waals surface area contributed by atoms with Crippen LogP contribution in [0, 0.1) is 13.8 Å². The summed E-state index contributed by atoms with van der Waals surface area (Å²) in [6.07, 6.45) is 0. The predicted molar refractivity (Wildman–Crippen MR) is 75.4 cm³/mol. The molecule has 2 aromatic heterocycles. The zero-order chi connectivity index (χ0) is 14.9. The number of nitrogen functional groups attached to an aromatic ring is 1. The number of hydrogen-bond donors (Lipinski definition) is 2. The number of sulfonamides is 1. The van der Waals surface area contributed by atoms with Crippen molar-refractivity contribution in [1.82, 2.24) is 15.0 Å². The van der Waals surface area contributed by atoms with Crippen LogP contribution in [0.25, 0.3) is 0 Å². The number of nitrogens with zero attached hydrogens (tertiary/aromatic N) is 3. The van der Waals surface area contributed by atoms with Crippen LogP contribution in [0.15, 0.2) is 10.3 Å². The second-order valence-electron chi connectivity index (χ2n) is 3.91. The topological polar surface area (TPSA) is 120 Å². The molecule has 0 amide bonds. The van der Waals surface area contributed by atoms with Crippen molar-refractivity contribution in [2.75, 3.05) is 17.6 Å². The number of thiazole rings is 1. The summed E-state index contributed by atoms with van der Waals surface area (Å²) in [6, 6.07) is 1.59. The Morgan fingerprint density at radius 2 is 2.00 bits per heavy atom. The fourth-order valence-electron chi connectivity index (χ4n) is 1.51. The minimum atomic E-state index is -3.82. The Bertz CT molecular complexity index is 741. The zero-order valence-electron chi connectivity index (χ0n) is 11.0. The predicted octanol–water partition coefficient (Wildman–Crippen LogP) is 0.942. The first-order valence-electron chi connectivity index (χ1n) is 5.47. The van der Waals surface area contributed by atoms with Crippen LogP contribution in [0.5, 0.6) is 5.88 Å². The number of ether oxygens (including phenoxy) is 1. The van der Waals surface area contributed by atoms with E-state index in [1.165, 1.54) is 7.11 Å². The Balaban J connectivity index is 2.38. The van der Waals surface area contributed by atoms with Gasteiger partial charge < -0.3 is 10.5 Å². The van der Waals surface area contributed by atoms with Crippen LogP contribution in [-0.2, 0) is 10.0 Å². The summed E-state index contributed by atoms with van der Waals surface area (Å²) in [5, 5.41) is 0.186. The van der Waals surface area contributed by atoms with E-state index in [1.54, 1.807) is 19.9 Å². The van der Waals surface area contributed by atoms with Crippen molar-refractivity contribution in [3.05, 3.63) is 17.5 Å². The summed E-state index contributed by atoms with van der Waals surface area (Å²) >= 11 is 0.884. The second-order valence-corrected chi connectivity index (χ2v) is 6.81. The molecule has 0 atom stereocenters. The maximum atomic E-state index is 12.2. The Morgan fingerprint density at radius 1 is 1.30 bits per heavy atom. The molecule has 8 nitrogen and oxygen atoms in total. The zero-order valence-corrected chi connectivity index (χ0v) is 12.7. The fraction of sp³-hybridized carbons (Fsp3) is 0.300. The maximum Gasteiger partial charge on any atom is 0.275 e. The number of methoxy groups -OCH3 is 1. The summed E-state index contributed by atoms with van der Waals surface area (Å²) in [7, 11) is -2.38. The first-order valence-corrected chi connectivity index (χ1v) is 7.77. The minimum Gasteiger partial charge on any atom is -0.481 e. The molecule has 3 N–H and O–H groups in total. The number of nitrogens with one attached hydrogen (secondary N) is 1. The molecule has 108 valence electrons. The van der Waals surface area contributed by atoms with Crippen molar-refractivity contribution in [2.45, 2.75) is 18.1 Å². The van der Waals surface area contributed by atoms with E-state index in [2.05, 4.69) is 19.7 Å². The molecule has 0 spiro atoms. The third-order valence-electron chi connectivity index (χ3n) is 2.28. The normalized spacial score (nSPS) is 11.3. The molecule has 0 radical (unpaired) electrons. The van der Waals surface area contributed by atoms with Crippen molar-refractivity contribution in [2.24, 2.45) is 0 Å². The lowest BCUT2D eigenvalue weighted by Crippen LogP contribution is -2.15. The smallest absolute Gasteiger partial charge is 0.275 e. The van der Waals surface area contributed by atoms with Gasteiger partial charge in [0.1, 0.15) is 0 Å². The van der Waals surface area contributed by atoms with E-state index in [4.69, 9.17) is 10.5 Å². The monoisotopic (exact) mass is 315 g/mol. The lowest BCUT2D eigenvalue weighted by Gasteiger charge is -2.07. The lowest BCUT2D eigenvalue weighted by atomic mass is 10.4. The van der Waals surface area contributed by atoms with Crippen molar-refractivity contribution < 1.29 is 13.2 Å². The van der Waals surface area contributed by atoms with E-state index in [1.807, 2.05) is 0 Å². The molecule has 0 saturated carbocycles. The summed E-state index contributed by atoms with van der Waals surface area (Å²) < 4.78 is 31.8. The van der Waals surface area contributed by atoms with Crippen LogP contribution in [0.2, 0.25) is 0 Å². The van der Waals surface area contributed by atoms with E-state index in [-0.39, 0.29) is 21.2 Å². The van der Waals surface area contributed by atoms with Gasteiger partial charge in [0.05, 0.1) is 12.8 Å². The molecule has 0 saturated heterocycles. The van der Waals surface area contributed by atoms with Gasteiger partial charge >= 0.3 is 0 Å². The Morgan fingerprint density at radius 3 is 2.55 bits per heavy atom. The average Bonchev–Trinajstić information content (AvgIpc) is 2.67. The van der Waals surface area contributed by atoms with Crippen LogP contribution in [0.3, 0.4) is 0 Å².